The zero-order chi connectivity index (χ0) is 13.8. The largest absolute Gasteiger partial charge is 0.673 e. The molecular weight excluding hydrogens is 269 g/mol. The summed E-state index contributed by atoms with van der Waals surface area (Å²) in [6.45, 7) is 2.21. The van der Waals surface area contributed by atoms with Gasteiger partial charge in [0.2, 0.25) is 0 Å². The topological polar surface area (TPSA) is 20.8 Å². The molecule has 0 spiro atoms. The fraction of sp³-hybridized carbons (Fsp3) is 0.667. The van der Waals surface area contributed by atoms with Crippen LogP contribution in [0.1, 0.15) is 12.8 Å². The van der Waals surface area contributed by atoms with E-state index in [9.17, 15) is 17.3 Å². The van der Waals surface area contributed by atoms with Gasteiger partial charge >= 0.3 is 12.4 Å². The van der Waals surface area contributed by atoms with E-state index >= 15 is 0 Å². The molecular formula is C9H16BF4N3S. The Morgan fingerprint density at radius 1 is 1.50 bits per heavy atom. The molecule has 1 aliphatic heterocycles. The highest BCUT2D eigenvalue weighted by Crippen LogP contribution is 2.09. The zero-order valence-corrected chi connectivity index (χ0v) is 10.9. The molecule has 1 aromatic rings. The van der Waals surface area contributed by atoms with Crippen LogP contribution in [0.4, 0.5) is 17.3 Å². The van der Waals surface area contributed by atoms with Crippen molar-refractivity contribution >= 4 is 19.9 Å². The first-order valence-electron chi connectivity index (χ1n) is 5.62. The molecule has 0 bridgehead atoms. The fourth-order valence-electron chi connectivity index (χ4n) is 1.81. The van der Waals surface area contributed by atoms with Crippen molar-refractivity contribution in [2.24, 2.45) is 7.05 Å². The molecule has 2 heterocycles. The second-order valence-corrected chi connectivity index (χ2v) is 4.55. The van der Waals surface area contributed by atoms with Gasteiger partial charge in [0, 0.05) is 6.04 Å². The fourth-order valence-corrected chi connectivity index (χ4v) is 2.02. The summed E-state index contributed by atoms with van der Waals surface area (Å²) in [6, 6.07) is 0.637. The summed E-state index contributed by atoms with van der Waals surface area (Å²) in [5, 5.41) is 4.50. The van der Waals surface area contributed by atoms with Gasteiger partial charge in [0.05, 0.1) is 7.05 Å². The average molecular weight is 285 g/mol. The van der Waals surface area contributed by atoms with Crippen LogP contribution in [-0.2, 0) is 13.6 Å². The van der Waals surface area contributed by atoms with Gasteiger partial charge in [-0.15, -0.1) is 0 Å². The third kappa shape index (κ3) is 5.77. The molecule has 1 saturated heterocycles. The molecule has 1 N–H and O–H groups in total. The van der Waals surface area contributed by atoms with Gasteiger partial charge in [0.1, 0.15) is 18.9 Å². The lowest BCUT2D eigenvalue weighted by Gasteiger charge is -2.06. The molecule has 0 radical (unpaired) electrons. The summed E-state index contributed by atoms with van der Waals surface area (Å²) in [5.74, 6) is 0. The van der Waals surface area contributed by atoms with E-state index in [1.807, 2.05) is 17.8 Å². The van der Waals surface area contributed by atoms with Gasteiger partial charge in [-0.25, -0.2) is 9.13 Å². The van der Waals surface area contributed by atoms with Crippen molar-refractivity contribution in [1.29, 1.82) is 0 Å². The molecule has 9 heteroatoms. The van der Waals surface area contributed by atoms with Crippen molar-refractivity contribution in [3.05, 3.63) is 12.4 Å². The Bertz CT molecular complexity index is 370. The molecule has 3 nitrogen and oxygen atoms in total. The number of hydrogen-bond donors (Lipinski definition) is 2. The SMILES string of the molecule is C[n+]1ccn(C[C@@H]2CCCN2)c1S.F[B-](F)(F)F. The van der Waals surface area contributed by atoms with E-state index < -0.39 is 7.25 Å². The summed E-state index contributed by atoms with van der Waals surface area (Å²) < 4.78 is 43.2. The molecule has 1 fully saturated rings. The van der Waals surface area contributed by atoms with Crippen LogP contribution in [0.15, 0.2) is 17.6 Å². The highest BCUT2D eigenvalue weighted by atomic mass is 32.1. The first kappa shape index (κ1) is 15.4. The Morgan fingerprint density at radius 3 is 2.50 bits per heavy atom. The Morgan fingerprint density at radius 2 is 2.11 bits per heavy atom. The second-order valence-electron chi connectivity index (χ2n) is 4.15. The average Bonchev–Trinajstić information content (AvgIpc) is 2.81. The zero-order valence-electron chi connectivity index (χ0n) is 9.99. The highest BCUT2D eigenvalue weighted by molar-refractivity contribution is 7.80. The summed E-state index contributed by atoms with van der Waals surface area (Å²) in [7, 11) is -3.99. The van der Waals surface area contributed by atoms with Crippen molar-refractivity contribution < 1.29 is 21.8 Å². The van der Waals surface area contributed by atoms with Crippen molar-refractivity contribution in [1.82, 2.24) is 9.88 Å². The normalized spacial score (nSPS) is 19.6. The Hall–Kier alpha value is -0.695. The smallest absolute Gasteiger partial charge is 0.418 e. The number of halogens is 4. The summed E-state index contributed by atoms with van der Waals surface area (Å²) >= 11 is 4.43. The summed E-state index contributed by atoms with van der Waals surface area (Å²) in [6.07, 6.45) is 6.72. The van der Waals surface area contributed by atoms with Crippen molar-refractivity contribution in [3.63, 3.8) is 0 Å². The molecule has 104 valence electrons. The van der Waals surface area contributed by atoms with Gasteiger partial charge in [-0.3, -0.25) is 0 Å². The molecule has 0 aromatic carbocycles. The molecule has 18 heavy (non-hydrogen) atoms. The van der Waals surface area contributed by atoms with E-state index in [0.29, 0.717) is 6.04 Å². The number of nitrogens with one attached hydrogen (secondary N) is 1. The van der Waals surface area contributed by atoms with E-state index in [1.54, 1.807) is 0 Å². The van der Waals surface area contributed by atoms with Gasteiger partial charge < -0.3 is 22.6 Å². The third-order valence-corrected chi connectivity index (χ3v) is 3.19. The molecule has 0 unspecified atom stereocenters. The molecule has 1 aromatic heterocycles. The van der Waals surface area contributed by atoms with Gasteiger partial charge in [-0.05, 0) is 19.4 Å². The van der Waals surface area contributed by atoms with Crippen molar-refractivity contribution in [2.45, 2.75) is 30.6 Å². The second kappa shape index (κ2) is 6.47. The van der Waals surface area contributed by atoms with Crippen LogP contribution in [0.3, 0.4) is 0 Å². The lowest BCUT2D eigenvalue weighted by molar-refractivity contribution is -0.709. The van der Waals surface area contributed by atoms with Crippen LogP contribution < -0.4 is 9.88 Å². The molecule has 2 rings (SSSR count). The number of aryl methyl sites for hydroxylation is 1. The summed E-state index contributed by atoms with van der Waals surface area (Å²) in [4.78, 5) is 0. The Kier molecular flexibility index (Phi) is 5.52. The number of hydrogen-bond acceptors (Lipinski definition) is 2. The van der Waals surface area contributed by atoms with E-state index in [1.165, 1.54) is 19.4 Å². The van der Waals surface area contributed by atoms with E-state index in [2.05, 4.69) is 28.7 Å². The minimum Gasteiger partial charge on any atom is -0.418 e. The molecule has 0 amide bonds. The molecule has 0 aliphatic carbocycles. The quantitative estimate of drug-likeness (QED) is 0.366. The van der Waals surface area contributed by atoms with E-state index in [-0.39, 0.29) is 0 Å². The van der Waals surface area contributed by atoms with Gasteiger partial charge in [0.15, 0.2) is 0 Å². The number of nitrogens with zero attached hydrogens (tertiary/aromatic N) is 2. The van der Waals surface area contributed by atoms with Crippen LogP contribution in [0.25, 0.3) is 0 Å². The maximum atomic E-state index is 9.75. The van der Waals surface area contributed by atoms with Crippen LogP contribution in [0.2, 0.25) is 0 Å². The third-order valence-electron chi connectivity index (χ3n) is 2.62. The lowest BCUT2D eigenvalue weighted by Crippen LogP contribution is -2.31. The molecule has 0 saturated carbocycles. The number of thiol groups is 1. The predicted molar refractivity (Wildman–Crippen MR) is 64.1 cm³/mol. The maximum absolute atomic E-state index is 9.75. The Balaban J connectivity index is 0.000000280. The first-order valence-corrected chi connectivity index (χ1v) is 6.06. The Labute approximate surface area is 109 Å². The minimum atomic E-state index is -6.00. The number of rotatable bonds is 2. The van der Waals surface area contributed by atoms with Crippen LogP contribution >= 0.6 is 12.6 Å². The summed E-state index contributed by atoms with van der Waals surface area (Å²) in [5.41, 5.74) is 0. The van der Waals surface area contributed by atoms with Gasteiger partial charge in [-0.2, -0.15) is 0 Å². The molecule has 1 atom stereocenters. The first-order chi connectivity index (χ1) is 8.27. The monoisotopic (exact) mass is 285 g/mol. The highest BCUT2D eigenvalue weighted by Gasteiger charge is 2.20. The predicted octanol–water partition coefficient (Wildman–Crippen LogP) is 1.65. The molecule has 1 aliphatic rings. The standard InChI is InChI=1S/C9H15N3S.BF4/c1-11-5-6-12(9(11)13)7-8-3-2-4-10-8;2-1(3,4)5/h5-6,8,10H,2-4,7H2,1H3;/q;-1/p+1/t8-;/m0./s1. The van der Waals surface area contributed by atoms with Crippen LogP contribution in [0, 0.1) is 0 Å². The van der Waals surface area contributed by atoms with Crippen LogP contribution in [0.5, 0.6) is 0 Å². The minimum absolute atomic E-state index is 0.637. The maximum Gasteiger partial charge on any atom is 0.673 e. The lowest BCUT2D eigenvalue weighted by atomic mass is 10.2. The van der Waals surface area contributed by atoms with Crippen molar-refractivity contribution in [3.8, 4) is 0 Å². The van der Waals surface area contributed by atoms with Gasteiger partial charge in [-0.1, -0.05) is 12.6 Å². The van der Waals surface area contributed by atoms with E-state index in [4.69, 9.17) is 0 Å². The number of aromatic nitrogens is 2. The van der Waals surface area contributed by atoms with E-state index in [0.717, 1.165) is 11.7 Å². The number of imidazole rings is 1. The van der Waals surface area contributed by atoms with Crippen molar-refractivity contribution in [2.75, 3.05) is 6.54 Å². The van der Waals surface area contributed by atoms with Crippen LogP contribution in [-0.4, -0.2) is 24.4 Å². The van der Waals surface area contributed by atoms with Gasteiger partial charge in [0.25, 0.3) is 0 Å².